The van der Waals surface area contributed by atoms with Crippen LogP contribution in [0.5, 0.6) is 11.5 Å². The highest BCUT2D eigenvalue weighted by Gasteiger charge is 2.22. The second-order valence-corrected chi connectivity index (χ2v) is 6.57. The minimum absolute atomic E-state index is 0.00893. The molecule has 1 unspecified atom stereocenters. The van der Waals surface area contributed by atoms with Crippen molar-refractivity contribution in [2.75, 3.05) is 19.7 Å². The summed E-state index contributed by atoms with van der Waals surface area (Å²) >= 11 is 0. The molecule has 130 valence electrons. The minimum atomic E-state index is 0.00893. The van der Waals surface area contributed by atoms with E-state index in [2.05, 4.69) is 4.98 Å². The molecule has 2 aromatic rings. The van der Waals surface area contributed by atoms with Gasteiger partial charge in [0.05, 0.1) is 0 Å². The van der Waals surface area contributed by atoms with Crippen LogP contribution >= 0.6 is 0 Å². The highest BCUT2D eigenvalue weighted by molar-refractivity contribution is 5.94. The molecule has 5 nitrogen and oxygen atoms in total. The van der Waals surface area contributed by atoms with Crippen LogP contribution in [0.1, 0.15) is 35.3 Å². The Balaban J connectivity index is 1.37. The average molecular weight is 338 g/mol. The monoisotopic (exact) mass is 338 g/mol. The highest BCUT2D eigenvalue weighted by atomic mass is 16.6. The van der Waals surface area contributed by atoms with Crippen LogP contribution in [0.25, 0.3) is 0 Å². The van der Waals surface area contributed by atoms with E-state index in [4.69, 9.17) is 9.47 Å². The fourth-order valence-electron chi connectivity index (χ4n) is 3.36. The predicted molar refractivity (Wildman–Crippen MR) is 94.0 cm³/mol. The van der Waals surface area contributed by atoms with E-state index >= 15 is 0 Å². The van der Waals surface area contributed by atoms with Crippen LogP contribution in [0.15, 0.2) is 42.6 Å². The van der Waals surface area contributed by atoms with Gasteiger partial charge in [-0.1, -0.05) is 12.1 Å². The Morgan fingerprint density at radius 2 is 1.96 bits per heavy atom. The van der Waals surface area contributed by atoms with Gasteiger partial charge in [-0.25, -0.2) is 0 Å². The largest absolute Gasteiger partial charge is 0.486 e. The molecule has 1 amide bonds. The fourth-order valence-corrected chi connectivity index (χ4v) is 3.36. The molecule has 2 aliphatic rings. The van der Waals surface area contributed by atoms with Gasteiger partial charge < -0.3 is 14.4 Å². The molecule has 0 N–H and O–H groups in total. The number of aromatic nitrogens is 1. The number of carbonyl (C=O) groups is 1. The predicted octanol–water partition coefficient (Wildman–Crippen LogP) is 3.09. The summed E-state index contributed by atoms with van der Waals surface area (Å²) in [5.74, 6) is 1.71. The summed E-state index contributed by atoms with van der Waals surface area (Å²) in [7, 11) is 0. The third-order valence-electron chi connectivity index (χ3n) is 4.75. The number of pyridine rings is 1. The number of carbonyl (C=O) groups excluding carboxylic acids is 1. The number of ether oxygens (including phenoxy) is 2. The van der Waals surface area contributed by atoms with E-state index in [9.17, 15) is 4.79 Å². The van der Waals surface area contributed by atoms with Crippen molar-refractivity contribution in [3.8, 4) is 11.5 Å². The first-order valence-corrected chi connectivity index (χ1v) is 8.92. The average Bonchev–Trinajstić information content (AvgIpc) is 3.20. The van der Waals surface area contributed by atoms with E-state index in [-0.39, 0.29) is 12.0 Å². The Morgan fingerprint density at radius 3 is 2.80 bits per heavy atom. The summed E-state index contributed by atoms with van der Waals surface area (Å²) in [5, 5.41) is 0. The van der Waals surface area contributed by atoms with Crippen molar-refractivity contribution in [2.45, 2.75) is 31.8 Å². The third-order valence-corrected chi connectivity index (χ3v) is 4.75. The molecule has 0 spiro atoms. The maximum Gasteiger partial charge on any atom is 0.253 e. The summed E-state index contributed by atoms with van der Waals surface area (Å²) in [4.78, 5) is 18.8. The van der Waals surface area contributed by atoms with Gasteiger partial charge >= 0.3 is 0 Å². The lowest BCUT2D eigenvalue weighted by Gasteiger charge is -2.26. The number of para-hydroxylation sites is 2. The van der Waals surface area contributed by atoms with Crippen molar-refractivity contribution in [1.29, 1.82) is 0 Å². The molecule has 1 atom stereocenters. The van der Waals surface area contributed by atoms with Gasteiger partial charge in [0.2, 0.25) is 0 Å². The lowest BCUT2D eigenvalue weighted by molar-refractivity contribution is 0.0792. The van der Waals surface area contributed by atoms with Crippen LogP contribution in [0, 0.1) is 0 Å². The summed E-state index contributed by atoms with van der Waals surface area (Å²) in [5.41, 5.74) is 1.66. The number of hydrogen-bond acceptors (Lipinski definition) is 4. The van der Waals surface area contributed by atoms with Crippen molar-refractivity contribution in [2.24, 2.45) is 0 Å². The van der Waals surface area contributed by atoms with Gasteiger partial charge in [0, 0.05) is 30.5 Å². The summed E-state index contributed by atoms with van der Waals surface area (Å²) < 4.78 is 11.7. The van der Waals surface area contributed by atoms with Gasteiger partial charge in [0.15, 0.2) is 11.5 Å². The van der Waals surface area contributed by atoms with E-state index < -0.39 is 0 Å². The van der Waals surface area contributed by atoms with Crippen LogP contribution in [0.4, 0.5) is 0 Å². The number of fused-ring (bicyclic) bond motifs is 1. The lowest BCUT2D eigenvalue weighted by Crippen LogP contribution is -2.29. The number of hydrogen-bond donors (Lipinski definition) is 0. The molecule has 1 fully saturated rings. The van der Waals surface area contributed by atoms with Crippen LogP contribution in [0.3, 0.4) is 0 Å². The molecular formula is C20H22N2O3. The normalized spacial score (nSPS) is 19.0. The molecular weight excluding hydrogens is 316 g/mol. The van der Waals surface area contributed by atoms with Crippen molar-refractivity contribution in [3.63, 3.8) is 0 Å². The molecule has 1 aromatic carbocycles. The lowest BCUT2D eigenvalue weighted by atomic mass is 10.1. The van der Waals surface area contributed by atoms with Crippen LogP contribution in [-0.2, 0) is 6.42 Å². The second kappa shape index (κ2) is 7.13. The molecule has 0 saturated carbocycles. The zero-order valence-electron chi connectivity index (χ0n) is 14.2. The van der Waals surface area contributed by atoms with Gasteiger partial charge in [-0.3, -0.25) is 9.78 Å². The van der Waals surface area contributed by atoms with E-state index in [1.54, 1.807) is 12.3 Å². The molecule has 4 rings (SSSR count). The number of rotatable bonds is 4. The molecule has 0 aliphatic carbocycles. The van der Waals surface area contributed by atoms with Crippen molar-refractivity contribution in [3.05, 3.63) is 53.9 Å². The molecule has 1 aromatic heterocycles. The maximum absolute atomic E-state index is 12.5. The highest BCUT2D eigenvalue weighted by Crippen LogP contribution is 2.31. The summed E-state index contributed by atoms with van der Waals surface area (Å²) in [6, 6.07) is 11.4. The van der Waals surface area contributed by atoms with Crippen molar-refractivity contribution in [1.82, 2.24) is 9.88 Å². The number of nitrogens with zero attached hydrogens (tertiary/aromatic N) is 2. The SMILES string of the molecule is O=C(c1ccnc(CCC2COc3ccccc3O2)c1)N1CCCC1. The third kappa shape index (κ3) is 3.60. The number of likely N-dealkylation sites (tertiary alicyclic amines) is 1. The Labute approximate surface area is 147 Å². The van der Waals surface area contributed by atoms with E-state index in [1.165, 1.54) is 0 Å². The Kier molecular flexibility index (Phi) is 4.55. The van der Waals surface area contributed by atoms with E-state index in [1.807, 2.05) is 35.2 Å². The molecule has 0 radical (unpaired) electrons. The van der Waals surface area contributed by atoms with Crippen LogP contribution in [0.2, 0.25) is 0 Å². The molecule has 2 aliphatic heterocycles. The standard InChI is InChI=1S/C20H22N2O3/c23-20(22-11-3-4-12-22)15-9-10-21-16(13-15)7-8-17-14-24-18-5-1-2-6-19(18)25-17/h1-2,5-6,9-10,13,17H,3-4,7-8,11-12,14H2. The van der Waals surface area contributed by atoms with Gasteiger partial charge in [-0.2, -0.15) is 0 Å². The van der Waals surface area contributed by atoms with Gasteiger partial charge in [0.25, 0.3) is 5.91 Å². The quantitative estimate of drug-likeness (QED) is 0.860. The molecule has 1 saturated heterocycles. The second-order valence-electron chi connectivity index (χ2n) is 6.57. The fraction of sp³-hybridized carbons (Fsp3) is 0.400. The van der Waals surface area contributed by atoms with Gasteiger partial charge in [-0.05, 0) is 49.9 Å². The van der Waals surface area contributed by atoms with E-state index in [0.29, 0.717) is 6.61 Å². The van der Waals surface area contributed by atoms with Crippen LogP contribution in [-0.4, -0.2) is 41.6 Å². The summed E-state index contributed by atoms with van der Waals surface area (Å²) in [6.07, 6.45) is 5.51. The number of aryl methyl sites for hydroxylation is 1. The van der Waals surface area contributed by atoms with Gasteiger partial charge in [-0.15, -0.1) is 0 Å². The first kappa shape index (κ1) is 15.9. The minimum Gasteiger partial charge on any atom is -0.486 e. The Hall–Kier alpha value is -2.56. The molecule has 25 heavy (non-hydrogen) atoms. The smallest absolute Gasteiger partial charge is 0.253 e. The van der Waals surface area contributed by atoms with E-state index in [0.717, 1.165) is 61.5 Å². The summed E-state index contributed by atoms with van der Waals surface area (Å²) in [6.45, 7) is 2.27. The Morgan fingerprint density at radius 1 is 1.16 bits per heavy atom. The molecule has 3 heterocycles. The zero-order valence-corrected chi connectivity index (χ0v) is 14.2. The van der Waals surface area contributed by atoms with Crippen LogP contribution < -0.4 is 9.47 Å². The Bertz CT molecular complexity index is 756. The van der Waals surface area contributed by atoms with Crippen molar-refractivity contribution >= 4 is 5.91 Å². The maximum atomic E-state index is 12.5. The molecule has 0 bridgehead atoms. The number of benzene rings is 1. The molecule has 5 heteroatoms. The topological polar surface area (TPSA) is 51.7 Å². The first-order valence-electron chi connectivity index (χ1n) is 8.92. The van der Waals surface area contributed by atoms with Crippen molar-refractivity contribution < 1.29 is 14.3 Å². The zero-order chi connectivity index (χ0) is 17.1. The first-order chi connectivity index (χ1) is 12.3. The van der Waals surface area contributed by atoms with Gasteiger partial charge in [0.1, 0.15) is 12.7 Å². The number of amides is 1.